The van der Waals surface area contributed by atoms with Gasteiger partial charge in [0.25, 0.3) is 0 Å². The summed E-state index contributed by atoms with van der Waals surface area (Å²) in [6.07, 6.45) is 0. The summed E-state index contributed by atoms with van der Waals surface area (Å²) >= 11 is 3.47. The summed E-state index contributed by atoms with van der Waals surface area (Å²) in [7, 11) is 1.62. The normalized spacial score (nSPS) is 12.0. The lowest BCUT2D eigenvalue weighted by Gasteiger charge is -2.19. The molecule has 0 aliphatic carbocycles. The number of rotatable bonds is 4. The van der Waals surface area contributed by atoms with Crippen LogP contribution in [0, 0.1) is 6.92 Å². The Hall–Kier alpha value is -1.68. The molecule has 0 radical (unpaired) electrons. The van der Waals surface area contributed by atoms with E-state index in [1.54, 1.807) is 19.2 Å². The Balaban J connectivity index is 2.27. The van der Waals surface area contributed by atoms with E-state index >= 15 is 0 Å². The number of hydrogen-bond acceptors (Lipinski definition) is 3. The Labute approximate surface area is 127 Å². The Bertz CT molecular complexity index is 613. The van der Waals surface area contributed by atoms with Crippen molar-refractivity contribution in [3.63, 3.8) is 0 Å². The van der Waals surface area contributed by atoms with Gasteiger partial charge in [-0.3, -0.25) is 0 Å². The predicted molar refractivity (Wildman–Crippen MR) is 85.6 cm³/mol. The fourth-order valence-electron chi connectivity index (χ4n) is 2.07. The van der Waals surface area contributed by atoms with Crippen LogP contribution in [-0.4, -0.2) is 12.2 Å². The van der Waals surface area contributed by atoms with Gasteiger partial charge in [0.2, 0.25) is 0 Å². The summed E-state index contributed by atoms with van der Waals surface area (Å²) in [5.74, 6) is 0.996. The molecular formula is C16H18BrNO2. The molecule has 0 amide bonds. The van der Waals surface area contributed by atoms with Crippen molar-refractivity contribution in [1.29, 1.82) is 0 Å². The van der Waals surface area contributed by atoms with Crippen molar-refractivity contribution in [3.05, 3.63) is 52.0 Å². The molecule has 3 nitrogen and oxygen atoms in total. The van der Waals surface area contributed by atoms with Gasteiger partial charge in [-0.05, 0) is 49.7 Å². The van der Waals surface area contributed by atoms with Gasteiger partial charge in [-0.2, -0.15) is 0 Å². The van der Waals surface area contributed by atoms with Gasteiger partial charge in [-0.15, -0.1) is 0 Å². The zero-order chi connectivity index (χ0) is 14.7. The average Bonchev–Trinajstić information content (AvgIpc) is 2.43. The van der Waals surface area contributed by atoms with Crippen LogP contribution in [-0.2, 0) is 0 Å². The number of halogens is 1. The van der Waals surface area contributed by atoms with E-state index in [-0.39, 0.29) is 11.8 Å². The summed E-state index contributed by atoms with van der Waals surface area (Å²) in [4.78, 5) is 0. The number of methoxy groups -OCH3 is 1. The fraction of sp³-hybridized carbons (Fsp3) is 0.250. The summed E-state index contributed by atoms with van der Waals surface area (Å²) in [6.45, 7) is 4.06. The lowest BCUT2D eigenvalue weighted by atomic mass is 10.1. The smallest absolute Gasteiger partial charge is 0.121 e. The molecule has 2 aromatic rings. The summed E-state index contributed by atoms with van der Waals surface area (Å²) in [5.41, 5.74) is 3.00. The number of phenolic OH excluding ortho intramolecular Hbond substituents is 1. The Morgan fingerprint density at radius 2 is 1.95 bits per heavy atom. The first kappa shape index (κ1) is 14.7. The monoisotopic (exact) mass is 335 g/mol. The summed E-state index contributed by atoms with van der Waals surface area (Å²) < 4.78 is 6.23. The number of hydrogen-bond donors (Lipinski definition) is 2. The molecule has 0 saturated heterocycles. The summed E-state index contributed by atoms with van der Waals surface area (Å²) in [5, 5.41) is 13.4. The molecule has 0 fully saturated rings. The third-order valence-corrected chi connectivity index (χ3v) is 3.77. The first-order valence-electron chi connectivity index (χ1n) is 6.41. The second-order valence-electron chi connectivity index (χ2n) is 4.75. The molecule has 2 aromatic carbocycles. The van der Waals surface area contributed by atoms with Gasteiger partial charge in [0.15, 0.2) is 0 Å². The van der Waals surface area contributed by atoms with Crippen molar-refractivity contribution in [3.8, 4) is 11.5 Å². The molecule has 1 atom stereocenters. The van der Waals surface area contributed by atoms with Crippen LogP contribution in [0.5, 0.6) is 11.5 Å². The van der Waals surface area contributed by atoms with Crippen molar-refractivity contribution in [2.45, 2.75) is 19.9 Å². The average molecular weight is 336 g/mol. The van der Waals surface area contributed by atoms with E-state index in [1.807, 2.05) is 38.1 Å². The maximum absolute atomic E-state index is 10.00. The zero-order valence-corrected chi connectivity index (χ0v) is 13.4. The maximum atomic E-state index is 10.00. The molecule has 0 heterocycles. The van der Waals surface area contributed by atoms with Gasteiger partial charge in [0, 0.05) is 15.7 Å². The molecule has 0 spiro atoms. The molecule has 0 aromatic heterocycles. The highest BCUT2D eigenvalue weighted by Crippen LogP contribution is 2.31. The number of benzene rings is 2. The van der Waals surface area contributed by atoms with Crippen molar-refractivity contribution in [1.82, 2.24) is 0 Å². The number of aryl methyl sites for hydroxylation is 1. The molecule has 0 aliphatic rings. The molecule has 0 bridgehead atoms. The largest absolute Gasteiger partial charge is 0.508 e. The van der Waals surface area contributed by atoms with E-state index in [1.165, 1.54) is 0 Å². The molecule has 2 N–H and O–H groups in total. The van der Waals surface area contributed by atoms with Crippen molar-refractivity contribution in [2.75, 3.05) is 12.4 Å². The van der Waals surface area contributed by atoms with Gasteiger partial charge in [-0.25, -0.2) is 0 Å². The van der Waals surface area contributed by atoms with Gasteiger partial charge in [0.05, 0.1) is 13.2 Å². The minimum absolute atomic E-state index is 0.0295. The third-order valence-electron chi connectivity index (χ3n) is 3.27. The number of aromatic hydroxyl groups is 1. The first-order chi connectivity index (χ1) is 9.51. The molecule has 0 aliphatic heterocycles. The van der Waals surface area contributed by atoms with E-state index in [0.29, 0.717) is 0 Å². The van der Waals surface area contributed by atoms with Crippen molar-refractivity contribution in [2.24, 2.45) is 0 Å². The number of nitrogens with one attached hydrogen (secondary N) is 1. The number of phenols is 1. The van der Waals surface area contributed by atoms with E-state index in [4.69, 9.17) is 4.74 Å². The molecule has 1 unspecified atom stereocenters. The molecule has 20 heavy (non-hydrogen) atoms. The predicted octanol–water partition coefficient (Wildman–Crippen LogP) is 4.64. The molecular weight excluding hydrogens is 318 g/mol. The van der Waals surface area contributed by atoms with E-state index in [9.17, 15) is 5.11 Å². The van der Waals surface area contributed by atoms with Crippen LogP contribution in [0.4, 0.5) is 5.69 Å². The van der Waals surface area contributed by atoms with E-state index in [0.717, 1.165) is 27.0 Å². The minimum atomic E-state index is -0.0295. The van der Waals surface area contributed by atoms with E-state index in [2.05, 4.69) is 21.2 Å². The highest BCUT2D eigenvalue weighted by Gasteiger charge is 2.12. The van der Waals surface area contributed by atoms with Crippen LogP contribution in [0.25, 0.3) is 0 Å². The van der Waals surface area contributed by atoms with Gasteiger partial charge >= 0.3 is 0 Å². The standard InChI is InChI=1S/C16H18BrNO2/c1-10-4-5-12(17)8-15(10)18-11(2)14-9-13(20-3)6-7-16(14)19/h4-9,11,18-19H,1-3H3. The summed E-state index contributed by atoms with van der Waals surface area (Å²) in [6, 6.07) is 11.3. The second kappa shape index (κ2) is 6.18. The fourth-order valence-corrected chi connectivity index (χ4v) is 2.43. The Morgan fingerprint density at radius 1 is 1.20 bits per heavy atom. The Kier molecular flexibility index (Phi) is 4.55. The topological polar surface area (TPSA) is 41.5 Å². The maximum Gasteiger partial charge on any atom is 0.121 e. The first-order valence-corrected chi connectivity index (χ1v) is 7.20. The SMILES string of the molecule is COc1ccc(O)c(C(C)Nc2cc(Br)ccc2C)c1. The Morgan fingerprint density at radius 3 is 2.65 bits per heavy atom. The number of ether oxygens (including phenoxy) is 1. The van der Waals surface area contributed by atoms with Crippen LogP contribution in [0.2, 0.25) is 0 Å². The second-order valence-corrected chi connectivity index (χ2v) is 5.67. The highest BCUT2D eigenvalue weighted by atomic mass is 79.9. The van der Waals surface area contributed by atoms with Crippen LogP contribution in [0.3, 0.4) is 0 Å². The molecule has 106 valence electrons. The van der Waals surface area contributed by atoms with Crippen molar-refractivity contribution < 1.29 is 9.84 Å². The van der Waals surface area contributed by atoms with Gasteiger partial charge in [0.1, 0.15) is 11.5 Å². The van der Waals surface area contributed by atoms with Crippen LogP contribution < -0.4 is 10.1 Å². The third kappa shape index (κ3) is 3.25. The van der Waals surface area contributed by atoms with Crippen LogP contribution in [0.1, 0.15) is 24.1 Å². The quantitative estimate of drug-likeness (QED) is 0.854. The highest BCUT2D eigenvalue weighted by molar-refractivity contribution is 9.10. The molecule has 4 heteroatoms. The minimum Gasteiger partial charge on any atom is -0.508 e. The molecule has 0 saturated carbocycles. The number of anilines is 1. The molecule has 2 rings (SSSR count). The lowest BCUT2D eigenvalue weighted by molar-refractivity contribution is 0.410. The lowest BCUT2D eigenvalue weighted by Crippen LogP contribution is -2.08. The van der Waals surface area contributed by atoms with Gasteiger partial charge < -0.3 is 15.2 Å². The van der Waals surface area contributed by atoms with Crippen molar-refractivity contribution >= 4 is 21.6 Å². The van der Waals surface area contributed by atoms with Crippen LogP contribution in [0.15, 0.2) is 40.9 Å². The zero-order valence-electron chi connectivity index (χ0n) is 11.8. The van der Waals surface area contributed by atoms with Crippen LogP contribution >= 0.6 is 15.9 Å². The van der Waals surface area contributed by atoms with Gasteiger partial charge in [-0.1, -0.05) is 22.0 Å². The van der Waals surface area contributed by atoms with E-state index < -0.39 is 0 Å².